The van der Waals surface area contributed by atoms with Crippen LogP contribution in [0.2, 0.25) is 0 Å². The maximum absolute atomic E-state index is 5.73. The van der Waals surface area contributed by atoms with Crippen LogP contribution in [0, 0.1) is 6.92 Å². The average Bonchev–Trinajstić information content (AvgIpc) is 2.55. The lowest BCUT2D eigenvalue weighted by Crippen LogP contribution is -2.05. The van der Waals surface area contributed by atoms with E-state index in [9.17, 15) is 0 Å². The smallest absolute Gasteiger partial charge is 0.161 e. The zero-order valence-corrected chi connectivity index (χ0v) is 13.5. The van der Waals surface area contributed by atoms with E-state index in [4.69, 9.17) is 18.9 Å². The maximum Gasteiger partial charge on any atom is 0.161 e. The van der Waals surface area contributed by atoms with E-state index in [1.165, 1.54) is 0 Å². The highest BCUT2D eigenvalue weighted by atomic mass is 16.5. The zero-order valence-electron chi connectivity index (χ0n) is 13.5. The minimum atomic E-state index is 0.484. The average molecular weight is 302 g/mol. The number of hydrogen-bond donors (Lipinski definition) is 0. The van der Waals surface area contributed by atoms with Gasteiger partial charge < -0.3 is 18.9 Å². The Kier molecular flexibility index (Phi) is 5.67. The Bertz CT molecular complexity index is 622. The lowest BCUT2D eigenvalue weighted by atomic mass is 10.0. The first kappa shape index (κ1) is 16.2. The number of ether oxygens (including phenoxy) is 4. The van der Waals surface area contributed by atoms with E-state index < -0.39 is 0 Å². The summed E-state index contributed by atoms with van der Waals surface area (Å²) >= 11 is 0. The van der Waals surface area contributed by atoms with Crippen molar-refractivity contribution in [2.24, 2.45) is 0 Å². The van der Waals surface area contributed by atoms with Gasteiger partial charge in [-0.1, -0.05) is 12.1 Å². The summed E-state index contributed by atoms with van der Waals surface area (Å²) < 4.78 is 21.4. The molecule has 0 saturated heterocycles. The molecule has 4 nitrogen and oxygen atoms in total. The molecule has 0 spiro atoms. The molecule has 2 aromatic carbocycles. The van der Waals surface area contributed by atoms with Crippen LogP contribution in [0.3, 0.4) is 0 Å². The molecule has 4 heteroatoms. The van der Waals surface area contributed by atoms with Crippen LogP contribution in [0.1, 0.15) is 5.56 Å². The second-order valence-electron chi connectivity index (χ2n) is 4.89. The molecular formula is C18H22O4. The largest absolute Gasteiger partial charge is 0.496 e. The quantitative estimate of drug-likeness (QED) is 0.731. The van der Waals surface area contributed by atoms with E-state index in [-0.39, 0.29) is 0 Å². The maximum atomic E-state index is 5.73. The van der Waals surface area contributed by atoms with Crippen molar-refractivity contribution < 1.29 is 18.9 Å². The summed E-state index contributed by atoms with van der Waals surface area (Å²) in [4.78, 5) is 0. The molecule has 0 aliphatic rings. The molecule has 22 heavy (non-hydrogen) atoms. The summed E-state index contributed by atoms with van der Waals surface area (Å²) in [5.41, 5.74) is 3.27. The predicted octanol–water partition coefficient (Wildman–Crippen LogP) is 3.70. The van der Waals surface area contributed by atoms with Crippen LogP contribution in [0.5, 0.6) is 17.2 Å². The van der Waals surface area contributed by atoms with Crippen molar-refractivity contribution in [2.75, 3.05) is 34.5 Å². The molecule has 0 N–H and O–H groups in total. The highest BCUT2D eigenvalue weighted by Gasteiger charge is 2.08. The van der Waals surface area contributed by atoms with Gasteiger partial charge in [-0.3, -0.25) is 0 Å². The number of hydrogen-bond acceptors (Lipinski definition) is 4. The summed E-state index contributed by atoms with van der Waals surface area (Å²) in [5.74, 6) is 2.31. The zero-order chi connectivity index (χ0) is 15.9. The molecule has 0 bridgehead atoms. The molecule has 0 fully saturated rings. The second kappa shape index (κ2) is 7.71. The monoisotopic (exact) mass is 302 g/mol. The van der Waals surface area contributed by atoms with Crippen LogP contribution < -0.4 is 14.2 Å². The molecule has 2 aromatic rings. The highest BCUT2D eigenvalue weighted by Crippen LogP contribution is 2.34. The number of aryl methyl sites for hydroxylation is 1. The Morgan fingerprint density at radius 2 is 1.36 bits per heavy atom. The first-order chi connectivity index (χ1) is 10.7. The molecular weight excluding hydrogens is 280 g/mol. The summed E-state index contributed by atoms with van der Waals surface area (Å²) in [6, 6.07) is 12.0. The van der Waals surface area contributed by atoms with Crippen LogP contribution in [-0.2, 0) is 4.74 Å². The minimum absolute atomic E-state index is 0.484. The molecule has 0 heterocycles. The van der Waals surface area contributed by atoms with Gasteiger partial charge in [0.05, 0.1) is 20.8 Å². The Labute approximate surface area is 131 Å². The fourth-order valence-electron chi connectivity index (χ4n) is 2.26. The van der Waals surface area contributed by atoms with Crippen molar-refractivity contribution in [2.45, 2.75) is 6.92 Å². The highest BCUT2D eigenvalue weighted by molar-refractivity contribution is 5.68. The van der Waals surface area contributed by atoms with Crippen LogP contribution in [0.25, 0.3) is 11.1 Å². The standard InChI is InChI=1S/C18H22O4/c1-13-11-14(5-7-16(13)20-3)15-6-8-17(21-4)18(12-15)22-10-9-19-2/h5-8,11-12H,9-10H2,1-4H3. The minimum Gasteiger partial charge on any atom is -0.496 e. The molecule has 0 atom stereocenters. The molecule has 0 aliphatic heterocycles. The van der Waals surface area contributed by atoms with Crippen LogP contribution in [0.15, 0.2) is 36.4 Å². The van der Waals surface area contributed by atoms with Gasteiger partial charge in [-0.25, -0.2) is 0 Å². The van der Waals surface area contributed by atoms with E-state index >= 15 is 0 Å². The van der Waals surface area contributed by atoms with Gasteiger partial charge in [0.15, 0.2) is 11.5 Å². The fraction of sp³-hybridized carbons (Fsp3) is 0.333. The Morgan fingerprint density at radius 3 is 1.95 bits per heavy atom. The van der Waals surface area contributed by atoms with E-state index in [0.717, 1.165) is 22.4 Å². The first-order valence-electron chi connectivity index (χ1n) is 7.14. The van der Waals surface area contributed by atoms with Gasteiger partial charge in [-0.05, 0) is 47.9 Å². The van der Waals surface area contributed by atoms with Gasteiger partial charge in [0.2, 0.25) is 0 Å². The second-order valence-corrected chi connectivity index (χ2v) is 4.89. The van der Waals surface area contributed by atoms with Gasteiger partial charge in [0.1, 0.15) is 12.4 Å². The van der Waals surface area contributed by atoms with E-state index in [2.05, 4.69) is 6.07 Å². The van der Waals surface area contributed by atoms with Crippen molar-refractivity contribution in [3.8, 4) is 28.4 Å². The van der Waals surface area contributed by atoms with Crippen LogP contribution in [-0.4, -0.2) is 34.5 Å². The normalized spacial score (nSPS) is 10.4. The molecule has 0 unspecified atom stereocenters. The van der Waals surface area contributed by atoms with E-state index in [0.29, 0.717) is 24.7 Å². The van der Waals surface area contributed by atoms with Gasteiger partial charge in [0, 0.05) is 7.11 Å². The number of rotatable bonds is 7. The molecule has 0 saturated carbocycles. The van der Waals surface area contributed by atoms with Crippen LogP contribution >= 0.6 is 0 Å². The topological polar surface area (TPSA) is 36.9 Å². The predicted molar refractivity (Wildman–Crippen MR) is 87.1 cm³/mol. The molecule has 0 aromatic heterocycles. The van der Waals surface area contributed by atoms with Gasteiger partial charge in [-0.15, -0.1) is 0 Å². The van der Waals surface area contributed by atoms with Crippen molar-refractivity contribution in [3.05, 3.63) is 42.0 Å². The molecule has 0 amide bonds. The van der Waals surface area contributed by atoms with Crippen molar-refractivity contribution in [3.63, 3.8) is 0 Å². The summed E-state index contributed by atoms with van der Waals surface area (Å²) in [6.45, 7) is 3.05. The molecule has 2 rings (SSSR count). The first-order valence-corrected chi connectivity index (χ1v) is 7.14. The summed E-state index contributed by atoms with van der Waals surface area (Å²) in [6.07, 6.45) is 0. The third-order valence-electron chi connectivity index (χ3n) is 3.44. The Morgan fingerprint density at radius 1 is 0.727 bits per heavy atom. The van der Waals surface area contributed by atoms with Gasteiger partial charge in [0.25, 0.3) is 0 Å². The van der Waals surface area contributed by atoms with E-state index in [1.54, 1.807) is 21.3 Å². The number of benzene rings is 2. The molecule has 0 aliphatic carbocycles. The lowest BCUT2D eigenvalue weighted by Gasteiger charge is -2.13. The lowest BCUT2D eigenvalue weighted by molar-refractivity contribution is 0.144. The number of methoxy groups -OCH3 is 3. The molecule has 0 radical (unpaired) electrons. The fourth-order valence-corrected chi connectivity index (χ4v) is 2.26. The third-order valence-corrected chi connectivity index (χ3v) is 3.44. The van der Waals surface area contributed by atoms with Crippen molar-refractivity contribution in [1.29, 1.82) is 0 Å². The Hall–Kier alpha value is -2.20. The van der Waals surface area contributed by atoms with Crippen LogP contribution in [0.4, 0.5) is 0 Å². The third kappa shape index (κ3) is 3.71. The molecule has 118 valence electrons. The van der Waals surface area contributed by atoms with Crippen molar-refractivity contribution >= 4 is 0 Å². The SMILES string of the molecule is COCCOc1cc(-c2ccc(OC)c(C)c2)ccc1OC. The van der Waals surface area contributed by atoms with Crippen molar-refractivity contribution in [1.82, 2.24) is 0 Å². The Balaban J connectivity index is 2.31. The summed E-state index contributed by atoms with van der Waals surface area (Å²) in [5, 5.41) is 0. The van der Waals surface area contributed by atoms with Gasteiger partial charge in [-0.2, -0.15) is 0 Å². The van der Waals surface area contributed by atoms with Gasteiger partial charge >= 0.3 is 0 Å². The summed E-state index contributed by atoms with van der Waals surface area (Å²) in [7, 11) is 4.96. The van der Waals surface area contributed by atoms with E-state index in [1.807, 2.05) is 37.3 Å².